The van der Waals surface area contributed by atoms with E-state index in [4.69, 9.17) is 0 Å². The van der Waals surface area contributed by atoms with Crippen molar-refractivity contribution in [2.75, 3.05) is 5.32 Å². The number of rotatable bonds is 5. The van der Waals surface area contributed by atoms with Gasteiger partial charge >= 0.3 is 0 Å². The summed E-state index contributed by atoms with van der Waals surface area (Å²) >= 11 is 1.44. The number of fused-ring (bicyclic) bond motifs is 1. The first-order valence-electron chi connectivity index (χ1n) is 7.87. The van der Waals surface area contributed by atoms with Gasteiger partial charge in [-0.15, -0.1) is 10.2 Å². The molecule has 0 aliphatic carbocycles. The fourth-order valence-electron chi connectivity index (χ4n) is 2.51. The van der Waals surface area contributed by atoms with Crippen molar-refractivity contribution >= 4 is 28.1 Å². The molecule has 0 saturated carbocycles. The Labute approximate surface area is 151 Å². The zero-order chi connectivity index (χ0) is 17.9. The molecule has 0 spiro atoms. The zero-order valence-electron chi connectivity index (χ0n) is 13.4. The molecule has 0 fully saturated rings. The summed E-state index contributed by atoms with van der Waals surface area (Å²) in [6.07, 6.45) is -2.73. The van der Waals surface area contributed by atoms with Crippen LogP contribution in [0.5, 0.6) is 0 Å². The monoisotopic (exact) mass is 369 g/mol. The summed E-state index contributed by atoms with van der Waals surface area (Å²) in [6, 6.07) is 16.8. The molecule has 4 aromatic rings. The van der Waals surface area contributed by atoms with E-state index in [-0.39, 0.29) is 0 Å². The lowest BCUT2D eigenvalue weighted by Crippen LogP contribution is -2.06. The summed E-state index contributed by atoms with van der Waals surface area (Å²) in [6.45, 7) is 0.341. The SMILES string of the molecule is FC(F)c1nc(NCc2nnc(-c3ccccc3)s2)c2ccccc2n1. The maximum atomic E-state index is 13.1. The zero-order valence-corrected chi connectivity index (χ0v) is 14.3. The molecule has 26 heavy (non-hydrogen) atoms. The molecule has 8 heteroatoms. The van der Waals surface area contributed by atoms with Gasteiger partial charge in [0.15, 0.2) is 5.82 Å². The van der Waals surface area contributed by atoms with Crippen molar-refractivity contribution < 1.29 is 8.78 Å². The Hall–Kier alpha value is -3.00. The normalized spacial score (nSPS) is 11.2. The number of aromatic nitrogens is 4. The minimum atomic E-state index is -2.73. The van der Waals surface area contributed by atoms with Crippen LogP contribution in [-0.4, -0.2) is 20.2 Å². The van der Waals surface area contributed by atoms with Crippen LogP contribution in [0.1, 0.15) is 17.3 Å². The molecule has 1 N–H and O–H groups in total. The van der Waals surface area contributed by atoms with Gasteiger partial charge in [0.2, 0.25) is 0 Å². The number of hydrogen-bond donors (Lipinski definition) is 1. The Morgan fingerprint density at radius 2 is 1.69 bits per heavy atom. The molecule has 2 aromatic carbocycles. The fraction of sp³-hybridized carbons (Fsp3) is 0.111. The Morgan fingerprint density at radius 1 is 0.923 bits per heavy atom. The first kappa shape index (κ1) is 16.5. The van der Waals surface area contributed by atoms with Gasteiger partial charge in [-0.2, -0.15) is 0 Å². The van der Waals surface area contributed by atoms with Crippen LogP contribution in [0, 0.1) is 0 Å². The largest absolute Gasteiger partial charge is 0.363 e. The minimum absolute atomic E-state index is 0.341. The van der Waals surface area contributed by atoms with Crippen molar-refractivity contribution in [1.82, 2.24) is 20.2 Å². The van der Waals surface area contributed by atoms with Gasteiger partial charge in [-0.1, -0.05) is 53.8 Å². The highest BCUT2D eigenvalue weighted by molar-refractivity contribution is 7.14. The van der Waals surface area contributed by atoms with Crippen molar-refractivity contribution in [1.29, 1.82) is 0 Å². The first-order valence-corrected chi connectivity index (χ1v) is 8.69. The summed E-state index contributed by atoms with van der Waals surface area (Å²) in [4.78, 5) is 7.87. The first-order chi connectivity index (χ1) is 12.7. The minimum Gasteiger partial charge on any atom is -0.363 e. The van der Waals surface area contributed by atoms with Crippen LogP contribution >= 0.6 is 11.3 Å². The number of nitrogens with one attached hydrogen (secondary N) is 1. The number of nitrogens with zero attached hydrogens (tertiary/aromatic N) is 4. The number of para-hydroxylation sites is 1. The second-order valence-corrected chi connectivity index (χ2v) is 6.53. The maximum Gasteiger partial charge on any atom is 0.297 e. The predicted molar refractivity (Wildman–Crippen MR) is 97.2 cm³/mol. The highest BCUT2D eigenvalue weighted by atomic mass is 32.1. The molecule has 0 aliphatic rings. The Balaban J connectivity index is 1.59. The quantitative estimate of drug-likeness (QED) is 0.552. The van der Waals surface area contributed by atoms with Gasteiger partial charge in [-0.3, -0.25) is 0 Å². The van der Waals surface area contributed by atoms with Crippen molar-refractivity contribution in [2.24, 2.45) is 0 Å². The van der Waals surface area contributed by atoms with Gasteiger partial charge in [-0.25, -0.2) is 18.7 Å². The molecule has 2 aromatic heterocycles. The molecule has 0 bridgehead atoms. The second-order valence-electron chi connectivity index (χ2n) is 5.47. The van der Waals surface area contributed by atoms with Crippen molar-refractivity contribution in [2.45, 2.75) is 13.0 Å². The highest BCUT2D eigenvalue weighted by Crippen LogP contribution is 2.26. The Morgan fingerprint density at radius 3 is 2.50 bits per heavy atom. The molecule has 0 saturated heterocycles. The van der Waals surface area contributed by atoms with E-state index < -0.39 is 12.2 Å². The third-order valence-electron chi connectivity index (χ3n) is 3.71. The number of alkyl halides is 2. The van der Waals surface area contributed by atoms with Gasteiger partial charge in [0.1, 0.15) is 15.8 Å². The molecule has 0 radical (unpaired) electrons. The summed E-state index contributed by atoms with van der Waals surface area (Å²) < 4.78 is 26.1. The van der Waals surface area contributed by atoms with Gasteiger partial charge < -0.3 is 5.32 Å². The van der Waals surface area contributed by atoms with Crippen LogP contribution in [0.3, 0.4) is 0 Å². The topological polar surface area (TPSA) is 63.6 Å². The third kappa shape index (κ3) is 3.36. The predicted octanol–water partition coefficient (Wildman–Crippen LogP) is 4.70. The van der Waals surface area contributed by atoms with E-state index in [0.717, 1.165) is 15.6 Å². The Kier molecular flexibility index (Phi) is 4.49. The average Bonchev–Trinajstić information content (AvgIpc) is 3.15. The second kappa shape index (κ2) is 7.09. The molecule has 0 amide bonds. The van der Waals surface area contributed by atoms with E-state index in [2.05, 4.69) is 25.5 Å². The number of hydrogen-bond acceptors (Lipinski definition) is 6. The third-order valence-corrected chi connectivity index (χ3v) is 4.68. The molecule has 2 heterocycles. The van der Waals surface area contributed by atoms with Gasteiger partial charge in [-0.05, 0) is 12.1 Å². The van der Waals surface area contributed by atoms with Crippen LogP contribution in [0.25, 0.3) is 21.5 Å². The average molecular weight is 369 g/mol. The van der Waals surface area contributed by atoms with E-state index in [9.17, 15) is 8.78 Å². The molecule has 4 rings (SSSR count). The van der Waals surface area contributed by atoms with Crippen LogP contribution in [-0.2, 0) is 6.54 Å². The lowest BCUT2D eigenvalue weighted by molar-refractivity contribution is 0.141. The fourth-order valence-corrected chi connectivity index (χ4v) is 3.29. The molecule has 5 nitrogen and oxygen atoms in total. The standard InChI is InChI=1S/C18H13F2N5S/c19-15(20)17-22-13-9-5-4-8-12(13)16(23-17)21-10-14-24-25-18(26-14)11-6-2-1-3-7-11/h1-9,15H,10H2,(H,21,22,23). The number of halogens is 2. The molecule has 0 unspecified atom stereocenters. The van der Waals surface area contributed by atoms with E-state index in [1.54, 1.807) is 18.2 Å². The maximum absolute atomic E-state index is 13.1. The molecule has 0 aliphatic heterocycles. The number of anilines is 1. The highest BCUT2D eigenvalue weighted by Gasteiger charge is 2.15. The lowest BCUT2D eigenvalue weighted by atomic mass is 10.2. The van der Waals surface area contributed by atoms with E-state index in [1.807, 2.05) is 36.4 Å². The van der Waals surface area contributed by atoms with Gasteiger partial charge in [0.05, 0.1) is 12.1 Å². The molecule has 130 valence electrons. The van der Waals surface area contributed by atoms with E-state index >= 15 is 0 Å². The van der Waals surface area contributed by atoms with Crippen molar-refractivity contribution in [3.8, 4) is 10.6 Å². The number of benzene rings is 2. The summed E-state index contributed by atoms with van der Waals surface area (Å²) in [5, 5.41) is 13.7. The summed E-state index contributed by atoms with van der Waals surface area (Å²) in [5.41, 5.74) is 1.46. The Bertz CT molecular complexity index is 1040. The summed E-state index contributed by atoms with van der Waals surface area (Å²) in [5.74, 6) is -0.129. The van der Waals surface area contributed by atoms with E-state index in [1.165, 1.54) is 11.3 Å². The van der Waals surface area contributed by atoms with Crippen LogP contribution in [0.15, 0.2) is 54.6 Å². The van der Waals surface area contributed by atoms with Crippen LogP contribution in [0.2, 0.25) is 0 Å². The molecule has 0 atom stereocenters. The van der Waals surface area contributed by atoms with Gasteiger partial charge in [0, 0.05) is 10.9 Å². The molecular weight excluding hydrogens is 356 g/mol. The van der Waals surface area contributed by atoms with Crippen LogP contribution < -0.4 is 5.32 Å². The van der Waals surface area contributed by atoms with Crippen LogP contribution in [0.4, 0.5) is 14.6 Å². The lowest BCUT2D eigenvalue weighted by Gasteiger charge is -2.09. The molecular formula is C18H13F2N5S. The summed E-state index contributed by atoms with van der Waals surface area (Å²) in [7, 11) is 0. The van der Waals surface area contributed by atoms with E-state index in [0.29, 0.717) is 23.3 Å². The smallest absolute Gasteiger partial charge is 0.297 e. The van der Waals surface area contributed by atoms with Gasteiger partial charge in [0.25, 0.3) is 6.43 Å². The van der Waals surface area contributed by atoms with Crippen molar-refractivity contribution in [3.63, 3.8) is 0 Å². The van der Waals surface area contributed by atoms with Crippen molar-refractivity contribution in [3.05, 3.63) is 65.4 Å².